The third kappa shape index (κ3) is 3.48. The number of likely N-dealkylation sites (tertiary alicyclic amines) is 1. The maximum atomic E-state index is 12.9. The third-order valence-electron chi connectivity index (χ3n) is 5.38. The average Bonchev–Trinajstić information content (AvgIpc) is 3.03. The van der Waals surface area contributed by atoms with E-state index < -0.39 is 11.9 Å². The molecule has 1 aromatic rings. The number of benzene rings is 1. The zero-order valence-electron chi connectivity index (χ0n) is 14.2. The number of carbonyl (C=O) groups excluding carboxylic acids is 1. The Kier molecular flexibility index (Phi) is 5.24. The molecule has 1 amide bonds. The number of fused-ring (bicyclic) bond motifs is 1. The summed E-state index contributed by atoms with van der Waals surface area (Å²) in [6.07, 6.45) is 3.64. The van der Waals surface area contributed by atoms with E-state index in [-0.39, 0.29) is 17.9 Å². The molecule has 6 heteroatoms. The second kappa shape index (κ2) is 7.39. The lowest BCUT2D eigenvalue weighted by molar-refractivity contribution is -0.142. The van der Waals surface area contributed by atoms with Gasteiger partial charge in [-0.05, 0) is 29.9 Å². The van der Waals surface area contributed by atoms with Crippen molar-refractivity contribution >= 4 is 19.7 Å². The summed E-state index contributed by atoms with van der Waals surface area (Å²) in [5, 5.41) is 12.8. The predicted octanol–water partition coefficient (Wildman–Crippen LogP) is 0.692. The average molecular weight is 328 g/mol. The van der Waals surface area contributed by atoms with Crippen LogP contribution in [0.25, 0.3) is 0 Å². The van der Waals surface area contributed by atoms with Gasteiger partial charge in [0.25, 0.3) is 0 Å². The highest BCUT2D eigenvalue weighted by atomic mass is 16.4. The van der Waals surface area contributed by atoms with Crippen LogP contribution in [0.2, 0.25) is 6.32 Å². The largest absolute Gasteiger partial charge is 0.481 e. The van der Waals surface area contributed by atoms with Gasteiger partial charge in [-0.2, -0.15) is 0 Å². The fraction of sp³-hybridized carbons (Fsp3) is 0.556. The van der Waals surface area contributed by atoms with Gasteiger partial charge in [0.15, 0.2) is 0 Å². The van der Waals surface area contributed by atoms with Crippen molar-refractivity contribution in [1.82, 2.24) is 10.2 Å². The summed E-state index contributed by atoms with van der Waals surface area (Å²) in [6, 6.07) is 7.94. The minimum absolute atomic E-state index is 0.0507. The Balaban J connectivity index is 1.66. The number of aliphatic carboxylic acids is 1. The van der Waals surface area contributed by atoms with Crippen LogP contribution in [-0.4, -0.2) is 48.9 Å². The topological polar surface area (TPSA) is 69.6 Å². The number of hydrogen-bond acceptors (Lipinski definition) is 3. The fourth-order valence-electron chi connectivity index (χ4n) is 3.94. The van der Waals surface area contributed by atoms with E-state index in [1.54, 1.807) is 4.90 Å². The number of carboxylic acid groups (broad SMARTS) is 1. The van der Waals surface area contributed by atoms with Crippen LogP contribution < -0.4 is 5.32 Å². The number of carboxylic acids is 1. The van der Waals surface area contributed by atoms with Crippen molar-refractivity contribution in [1.29, 1.82) is 0 Å². The van der Waals surface area contributed by atoms with Gasteiger partial charge in [0.05, 0.1) is 12.0 Å². The maximum Gasteiger partial charge on any atom is 0.308 e. The van der Waals surface area contributed by atoms with Gasteiger partial charge >= 0.3 is 5.97 Å². The summed E-state index contributed by atoms with van der Waals surface area (Å²) in [5.74, 6) is -1.05. The van der Waals surface area contributed by atoms with Gasteiger partial charge in [0.1, 0.15) is 7.85 Å². The lowest BCUT2D eigenvalue weighted by Crippen LogP contribution is -2.49. The normalized spacial score (nSPS) is 26.2. The number of amides is 1. The quantitative estimate of drug-likeness (QED) is 0.781. The van der Waals surface area contributed by atoms with E-state index in [0.29, 0.717) is 26.1 Å². The Morgan fingerprint density at radius 1 is 1.25 bits per heavy atom. The first kappa shape index (κ1) is 17.0. The zero-order chi connectivity index (χ0) is 17.1. The van der Waals surface area contributed by atoms with Crippen LogP contribution in [-0.2, 0) is 22.6 Å². The van der Waals surface area contributed by atoms with E-state index in [9.17, 15) is 14.7 Å². The van der Waals surface area contributed by atoms with E-state index in [1.165, 1.54) is 11.1 Å². The number of nitrogens with one attached hydrogen (secondary N) is 1. The van der Waals surface area contributed by atoms with Crippen molar-refractivity contribution in [2.24, 2.45) is 11.8 Å². The first-order valence-electron chi connectivity index (χ1n) is 8.92. The molecule has 0 spiro atoms. The third-order valence-corrected chi connectivity index (χ3v) is 5.38. The van der Waals surface area contributed by atoms with Crippen molar-refractivity contribution in [2.75, 3.05) is 13.1 Å². The van der Waals surface area contributed by atoms with Crippen molar-refractivity contribution in [3.8, 4) is 0 Å². The number of nitrogens with zero attached hydrogens (tertiary/aromatic N) is 1. The van der Waals surface area contributed by atoms with Crippen LogP contribution in [0.5, 0.6) is 0 Å². The predicted molar refractivity (Wildman–Crippen MR) is 94.6 cm³/mol. The van der Waals surface area contributed by atoms with Crippen molar-refractivity contribution in [3.05, 3.63) is 35.4 Å². The molecule has 1 fully saturated rings. The molecule has 1 aromatic carbocycles. The molecule has 0 saturated carbocycles. The van der Waals surface area contributed by atoms with Crippen LogP contribution >= 0.6 is 0 Å². The molecule has 0 radical (unpaired) electrons. The van der Waals surface area contributed by atoms with Gasteiger partial charge in [-0.1, -0.05) is 37.0 Å². The number of rotatable bonds is 5. The molecule has 2 heterocycles. The van der Waals surface area contributed by atoms with Gasteiger partial charge in [-0.3, -0.25) is 9.59 Å². The summed E-state index contributed by atoms with van der Waals surface area (Å²) >= 11 is 0. The lowest BCUT2D eigenvalue weighted by Gasteiger charge is -2.29. The monoisotopic (exact) mass is 328 g/mol. The van der Waals surface area contributed by atoms with Crippen LogP contribution in [0.4, 0.5) is 0 Å². The Bertz CT molecular complexity index is 622. The first-order valence-corrected chi connectivity index (χ1v) is 8.92. The van der Waals surface area contributed by atoms with Crippen LogP contribution in [0.15, 0.2) is 24.3 Å². The molecule has 3 atom stereocenters. The molecule has 0 aromatic heterocycles. The Morgan fingerprint density at radius 2 is 2.00 bits per heavy atom. The summed E-state index contributed by atoms with van der Waals surface area (Å²) in [4.78, 5) is 26.2. The Morgan fingerprint density at radius 3 is 2.71 bits per heavy atom. The molecular weight excluding hydrogens is 303 g/mol. The smallest absolute Gasteiger partial charge is 0.308 e. The Hall–Kier alpha value is -1.82. The molecule has 2 aliphatic heterocycles. The molecule has 5 nitrogen and oxygen atoms in total. The van der Waals surface area contributed by atoms with Crippen LogP contribution in [0, 0.1) is 11.8 Å². The molecule has 2 aliphatic rings. The molecule has 24 heavy (non-hydrogen) atoms. The van der Waals surface area contributed by atoms with E-state index in [1.807, 2.05) is 12.1 Å². The number of carbonyl (C=O) groups is 2. The van der Waals surface area contributed by atoms with Gasteiger partial charge in [-0.25, -0.2) is 0 Å². The van der Waals surface area contributed by atoms with Crippen molar-refractivity contribution in [2.45, 2.75) is 38.2 Å². The van der Waals surface area contributed by atoms with Gasteiger partial charge in [-0.15, -0.1) is 0 Å². The Labute approximate surface area is 143 Å². The lowest BCUT2D eigenvalue weighted by atomic mass is 9.88. The van der Waals surface area contributed by atoms with Gasteiger partial charge < -0.3 is 15.3 Å². The first-order chi connectivity index (χ1) is 11.6. The van der Waals surface area contributed by atoms with E-state index in [0.717, 1.165) is 19.2 Å². The second-order valence-corrected chi connectivity index (χ2v) is 7.00. The van der Waals surface area contributed by atoms with Gasteiger partial charge in [0.2, 0.25) is 5.91 Å². The molecule has 3 rings (SSSR count). The fourth-order valence-corrected chi connectivity index (χ4v) is 3.94. The minimum Gasteiger partial charge on any atom is -0.481 e. The minimum atomic E-state index is -0.770. The molecule has 128 valence electrons. The standard InChI is InChI=1S/C18H25BN2O3/c19-7-3-6-14-10-21(11-15(14)18(23)24)17(22)16-8-12-4-1-2-5-13(12)9-20-16/h1-2,4-5,14-16,20H,3,6-11,19H2,(H,23,24)/t14-,15+,16?/m0/s1. The molecule has 1 unspecified atom stereocenters. The summed E-state index contributed by atoms with van der Waals surface area (Å²) in [7, 11) is 2.11. The zero-order valence-corrected chi connectivity index (χ0v) is 14.2. The molecule has 2 N–H and O–H groups in total. The summed E-state index contributed by atoms with van der Waals surface area (Å²) < 4.78 is 0. The van der Waals surface area contributed by atoms with Crippen molar-refractivity contribution < 1.29 is 14.7 Å². The highest BCUT2D eigenvalue weighted by molar-refractivity contribution is 6.08. The van der Waals surface area contributed by atoms with Crippen molar-refractivity contribution in [3.63, 3.8) is 0 Å². The summed E-state index contributed by atoms with van der Waals surface area (Å²) in [5.41, 5.74) is 2.46. The SMILES string of the molecule is BCCC[C@H]1CN(C(=O)C2Cc3ccccc3CN2)C[C@H]1C(=O)O. The molecule has 0 aliphatic carbocycles. The molecular formula is C18H25BN2O3. The highest BCUT2D eigenvalue weighted by Gasteiger charge is 2.41. The van der Waals surface area contributed by atoms with Gasteiger partial charge in [0, 0.05) is 19.6 Å². The van der Waals surface area contributed by atoms with Crippen LogP contribution in [0.3, 0.4) is 0 Å². The van der Waals surface area contributed by atoms with E-state index in [2.05, 4.69) is 25.3 Å². The van der Waals surface area contributed by atoms with Crippen LogP contribution in [0.1, 0.15) is 24.0 Å². The van der Waals surface area contributed by atoms with E-state index >= 15 is 0 Å². The number of hydrogen-bond donors (Lipinski definition) is 2. The molecule has 0 bridgehead atoms. The second-order valence-electron chi connectivity index (χ2n) is 7.00. The maximum absolute atomic E-state index is 12.9. The summed E-state index contributed by atoms with van der Waals surface area (Å²) in [6.45, 7) is 1.63. The van der Waals surface area contributed by atoms with E-state index in [4.69, 9.17) is 0 Å². The molecule has 1 saturated heterocycles. The highest BCUT2D eigenvalue weighted by Crippen LogP contribution is 2.29.